The fourth-order valence-electron chi connectivity index (χ4n) is 2.78. The molecule has 2 aromatic heterocycles. The molecule has 0 aliphatic heterocycles. The molecule has 6 heteroatoms. The van der Waals surface area contributed by atoms with Crippen LogP contribution in [0.15, 0.2) is 48.9 Å². The van der Waals surface area contributed by atoms with Gasteiger partial charge in [-0.25, -0.2) is 4.98 Å². The molecule has 1 aromatic carbocycles. The molecule has 0 saturated heterocycles. The summed E-state index contributed by atoms with van der Waals surface area (Å²) in [6.45, 7) is 4.82. The van der Waals surface area contributed by atoms with Crippen molar-refractivity contribution in [1.29, 1.82) is 0 Å². The second-order valence-electron chi connectivity index (χ2n) is 6.25. The Kier molecular flexibility index (Phi) is 4.51. The molecule has 0 bridgehead atoms. The summed E-state index contributed by atoms with van der Waals surface area (Å²) in [4.78, 5) is 4.42. The van der Waals surface area contributed by atoms with E-state index in [4.69, 9.17) is 0 Å². The molecule has 0 radical (unpaired) electrons. The van der Waals surface area contributed by atoms with Crippen LogP contribution in [0.3, 0.4) is 0 Å². The van der Waals surface area contributed by atoms with E-state index in [1.165, 1.54) is 0 Å². The van der Waals surface area contributed by atoms with Crippen molar-refractivity contribution in [2.24, 2.45) is 7.05 Å². The highest BCUT2D eigenvalue weighted by Crippen LogP contribution is 2.19. The van der Waals surface area contributed by atoms with Gasteiger partial charge in [-0.1, -0.05) is 18.2 Å². The van der Waals surface area contributed by atoms with E-state index in [0.717, 1.165) is 22.8 Å². The summed E-state index contributed by atoms with van der Waals surface area (Å²) in [5, 5.41) is 18.1. The summed E-state index contributed by atoms with van der Waals surface area (Å²) >= 11 is 0. The van der Waals surface area contributed by atoms with Crippen molar-refractivity contribution in [2.45, 2.75) is 26.0 Å². The molecule has 6 nitrogen and oxygen atoms in total. The van der Waals surface area contributed by atoms with Gasteiger partial charge >= 0.3 is 0 Å². The van der Waals surface area contributed by atoms with Crippen LogP contribution in [-0.2, 0) is 19.2 Å². The van der Waals surface area contributed by atoms with Gasteiger partial charge in [-0.2, -0.15) is 5.10 Å². The van der Waals surface area contributed by atoms with Crippen LogP contribution < -0.4 is 5.32 Å². The molecule has 0 aliphatic rings. The van der Waals surface area contributed by atoms with E-state index in [-0.39, 0.29) is 0 Å². The number of aliphatic hydroxyl groups is 1. The molecule has 3 rings (SSSR count). The minimum atomic E-state index is -0.971. The summed E-state index contributed by atoms with van der Waals surface area (Å²) in [5.74, 6) is 0.942. The number of nitrogens with zero attached hydrogens (tertiary/aromatic N) is 4. The molecule has 2 N–H and O–H groups in total. The normalized spacial score (nSPS) is 13.8. The summed E-state index contributed by atoms with van der Waals surface area (Å²) in [6.07, 6.45) is 5.40. The van der Waals surface area contributed by atoms with Gasteiger partial charge in [-0.15, -0.1) is 0 Å². The summed E-state index contributed by atoms with van der Waals surface area (Å²) in [7, 11) is 1.84. The summed E-state index contributed by atoms with van der Waals surface area (Å²) in [6, 6.07) is 10.1. The van der Waals surface area contributed by atoms with Gasteiger partial charge < -0.3 is 10.4 Å². The van der Waals surface area contributed by atoms with Crippen LogP contribution in [-0.4, -0.2) is 31.0 Å². The maximum Gasteiger partial charge on any atom is 0.110 e. The molecule has 3 aromatic rings. The third-order valence-corrected chi connectivity index (χ3v) is 4.13. The second kappa shape index (κ2) is 6.59. The lowest BCUT2D eigenvalue weighted by atomic mass is 10.00. The van der Waals surface area contributed by atoms with Crippen LogP contribution in [0.4, 0.5) is 0 Å². The molecular weight excluding hydrogens is 302 g/mol. The number of rotatable bonds is 6. The zero-order valence-corrected chi connectivity index (χ0v) is 14.3. The molecule has 1 atom stereocenters. The molecule has 0 spiro atoms. The minimum absolute atomic E-state index is 0.428. The number of aryl methyl sites for hydroxylation is 2. The molecule has 2 heterocycles. The molecular formula is C18H23N5O. The van der Waals surface area contributed by atoms with Gasteiger partial charge in [0.1, 0.15) is 11.4 Å². The fourth-order valence-corrected chi connectivity index (χ4v) is 2.78. The van der Waals surface area contributed by atoms with Crippen molar-refractivity contribution < 1.29 is 5.11 Å². The fraction of sp³-hybridized carbons (Fsp3) is 0.333. The Hall–Kier alpha value is -2.44. The zero-order valence-electron chi connectivity index (χ0n) is 14.3. The average Bonchev–Trinajstić information content (AvgIpc) is 3.15. The van der Waals surface area contributed by atoms with Crippen molar-refractivity contribution in [3.05, 3.63) is 66.0 Å². The third-order valence-electron chi connectivity index (χ3n) is 4.13. The first-order chi connectivity index (χ1) is 11.5. The van der Waals surface area contributed by atoms with Crippen LogP contribution in [0.1, 0.15) is 24.0 Å². The van der Waals surface area contributed by atoms with Crippen molar-refractivity contribution in [2.75, 3.05) is 6.54 Å². The Morgan fingerprint density at radius 1 is 1.21 bits per heavy atom. The Bertz CT molecular complexity index is 804. The quantitative estimate of drug-likeness (QED) is 0.726. The third kappa shape index (κ3) is 3.39. The summed E-state index contributed by atoms with van der Waals surface area (Å²) < 4.78 is 3.81. The van der Waals surface area contributed by atoms with Crippen LogP contribution in [0.25, 0.3) is 5.69 Å². The number of benzene rings is 1. The number of imidazole rings is 1. The molecule has 0 aliphatic carbocycles. The molecule has 24 heavy (non-hydrogen) atoms. The monoisotopic (exact) mass is 325 g/mol. The smallest absolute Gasteiger partial charge is 0.110 e. The van der Waals surface area contributed by atoms with Gasteiger partial charge in [-0.05, 0) is 26.0 Å². The van der Waals surface area contributed by atoms with Crippen molar-refractivity contribution >= 4 is 0 Å². The number of hydrogen-bond donors (Lipinski definition) is 2. The van der Waals surface area contributed by atoms with Gasteiger partial charge in [0.2, 0.25) is 0 Å². The number of aromatic nitrogens is 4. The van der Waals surface area contributed by atoms with Crippen LogP contribution in [0.2, 0.25) is 0 Å². The lowest BCUT2D eigenvalue weighted by molar-refractivity contribution is 0.0565. The predicted octanol–water partition coefficient (Wildman–Crippen LogP) is 1.91. The standard InChI is InChI=1S/C18H23N5O/c1-14-20-11-17(23(14)16-7-5-4-6-8-16)10-19-13-18(2,24)15-9-21-22(3)12-15/h4-9,11-12,19,24H,10,13H2,1-3H3. The summed E-state index contributed by atoms with van der Waals surface area (Å²) in [5.41, 5.74) is 1.97. The first kappa shape index (κ1) is 16.4. The van der Waals surface area contributed by atoms with Crippen LogP contribution in [0.5, 0.6) is 0 Å². The van der Waals surface area contributed by atoms with Gasteiger partial charge in [0, 0.05) is 37.6 Å². The van der Waals surface area contributed by atoms with Gasteiger partial charge in [0.15, 0.2) is 0 Å². The SMILES string of the molecule is Cc1ncc(CNCC(C)(O)c2cnn(C)c2)n1-c1ccccc1. The first-order valence-electron chi connectivity index (χ1n) is 7.98. The highest BCUT2D eigenvalue weighted by atomic mass is 16.3. The number of nitrogens with one attached hydrogen (secondary N) is 1. The van der Waals surface area contributed by atoms with E-state index in [1.807, 2.05) is 44.6 Å². The van der Waals surface area contributed by atoms with E-state index in [2.05, 4.69) is 32.1 Å². The van der Waals surface area contributed by atoms with Gasteiger partial charge in [0.05, 0.1) is 18.1 Å². The van der Waals surface area contributed by atoms with Crippen LogP contribution in [0, 0.1) is 6.92 Å². The van der Waals surface area contributed by atoms with Crippen molar-refractivity contribution in [3.63, 3.8) is 0 Å². The highest BCUT2D eigenvalue weighted by Gasteiger charge is 2.24. The van der Waals surface area contributed by atoms with E-state index in [9.17, 15) is 5.11 Å². The average molecular weight is 325 g/mol. The Labute approximate surface area is 141 Å². The van der Waals surface area contributed by atoms with Gasteiger partial charge in [0.25, 0.3) is 0 Å². The Balaban J connectivity index is 1.70. The van der Waals surface area contributed by atoms with Crippen molar-refractivity contribution in [1.82, 2.24) is 24.6 Å². The number of hydrogen-bond acceptors (Lipinski definition) is 4. The molecule has 126 valence electrons. The molecule has 0 amide bonds. The van der Waals surface area contributed by atoms with Gasteiger partial charge in [-0.3, -0.25) is 9.25 Å². The number of para-hydroxylation sites is 1. The van der Waals surface area contributed by atoms with Crippen molar-refractivity contribution in [3.8, 4) is 5.69 Å². The first-order valence-corrected chi connectivity index (χ1v) is 7.98. The maximum absolute atomic E-state index is 10.6. The molecule has 0 saturated carbocycles. The van der Waals surface area contributed by atoms with E-state index < -0.39 is 5.60 Å². The second-order valence-corrected chi connectivity index (χ2v) is 6.25. The zero-order chi connectivity index (χ0) is 17.2. The minimum Gasteiger partial charge on any atom is -0.384 e. The lowest BCUT2D eigenvalue weighted by Gasteiger charge is -2.22. The predicted molar refractivity (Wildman–Crippen MR) is 92.8 cm³/mol. The largest absolute Gasteiger partial charge is 0.384 e. The highest BCUT2D eigenvalue weighted by molar-refractivity contribution is 5.35. The van der Waals surface area contributed by atoms with E-state index in [0.29, 0.717) is 13.1 Å². The van der Waals surface area contributed by atoms with E-state index >= 15 is 0 Å². The molecule has 0 fully saturated rings. The van der Waals surface area contributed by atoms with Crippen LogP contribution >= 0.6 is 0 Å². The topological polar surface area (TPSA) is 67.9 Å². The Morgan fingerprint density at radius 2 is 1.96 bits per heavy atom. The molecule has 1 unspecified atom stereocenters. The Morgan fingerprint density at radius 3 is 2.62 bits per heavy atom. The van der Waals surface area contributed by atoms with E-state index in [1.54, 1.807) is 17.8 Å². The maximum atomic E-state index is 10.6. The lowest BCUT2D eigenvalue weighted by Crippen LogP contribution is -2.35.